The van der Waals surface area contributed by atoms with Gasteiger partial charge in [0.2, 0.25) is 0 Å². The molecule has 19 heavy (non-hydrogen) atoms. The molecule has 1 aliphatic rings. The number of hydrogen-bond donors (Lipinski definition) is 0. The van der Waals surface area contributed by atoms with E-state index in [0.717, 1.165) is 42.6 Å². The van der Waals surface area contributed by atoms with E-state index in [2.05, 4.69) is 15.9 Å². The van der Waals surface area contributed by atoms with Crippen LogP contribution in [0, 0.1) is 5.92 Å². The number of alkyl halides is 1. The molecule has 0 radical (unpaired) electrons. The number of carbonyl (C=O) groups excluding carboxylic acids is 1. The zero-order valence-electron chi connectivity index (χ0n) is 11.3. The number of amides is 1. The summed E-state index contributed by atoms with van der Waals surface area (Å²) in [6.45, 7) is 1.76. The van der Waals surface area contributed by atoms with Crippen molar-refractivity contribution in [3.05, 3.63) is 29.8 Å². The number of nitrogens with zero attached hydrogens (tertiary/aromatic N) is 1. The topological polar surface area (TPSA) is 29.5 Å². The number of benzene rings is 1. The molecule has 1 amide bonds. The van der Waals surface area contributed by atoms with E-state index in [0.29, 0.717) is 5.92 Å². The van der Waals surface area contributed by atoms with Gasteiger partial charge in [-0.25, -0.2) is 0 Å². The van der Waals surface area contributed by atoms with Crippen molar-refractivity contribution in [1.29, 1.82) is 0 Å². The maximum Gasteiger partial charge on any atom is 0.253 e. The molecule has 1 aromatic rings. The average Bonchev–Trinajstić information content (AvgIpc) is 2.47. The van der Waals surface area contributed by atoms with Gasteiger partial charge < -0.3 is 9.64 Å². The molecule has 1 fully saturated rings. The van der Waals surface area contributed by atoms with Crippen LogP contribution in [0.25, 0.3) is 0 Å². The van der Waals surface area contributed by atoms with Gasteiger partial charge in [0.1, 0.15) is 5.75 Å². The van der Waals surface area contributed by atoms with Gasteiger partial charge in [-0.15, -0.1) is 0 Å². The van der Waals surface area contributed by atoms with E-state index in [1.807, 2.05) is 29.2 Å². The molecule has 1 saturated heterocycles. The third kappa shape index (κ3) is 3.72. The minimum Gasteiger partial charge on any atom is -0.497 e. The largest absolute Gasteiger partial charge is 0.497 e. The number of piperidine rings is 1. The van der Waals surface area contributed by atoms with Crippen molar-refractivity contribution in [2.75, 3.05) is 25.5 Å². The molecule has 0 aliphatic carbocycles. The number of hydrogen-bond acceptors (Lipinski definition) is 2. The second-order valence-electron chi connectivity index (χ2n) is 4.97. The third-order valence-corrected chi connectivity index (χ3v) is 4.12. The van der Waals surface area contributed by atoms with Gasteiger partial charge in [0.15, 0.2) is 0 Å². The molecule has 4 heteroatoms. The molecule has 0 bridgehead atoms. The van der Waals surface area contributed by atoms with Crippen molar-refractivity contribution in [3.8, 4) is 5.75 Å². The van der Waals surface area contributed by atoms with Gasteiger partial charge >= 0.3 is 0 Å². The van der Waals surface area contributed by atoms with E-state index in [-0.39, 0.29) is 5.91 Å². The highest BCUT2D eigenvalue weighted by atomic mass is 79.9. The Morgan fingerprint density at radius 1 is 1.42 bits per heavy atom. The summed E-state index contributed by atoms with van der Waals surface area (Å²) in [5.74, 6) is 1.56. The fourth-order valence-corrected chi connectivity index (χ4v) is 3.20. The molecule has 2 rings (SSSR count). The Balaban J connectivity index is 2.01. The molecule has 104 valence electrons. The standard InChI is InChI=1S/C15H20BrNO2/c1-19-14-6-4-13(5-7-14)15(18)17-10-2-3-12(11-17)8-9-16/h4-7,12H,2-3,8-11H2,1H3. The minimum absolute atomic E-state index is 0.141. The van der Waals surface area contributed by atoms with Crippen LogP contribution in [0.2, 0.25) is 0 Å². The zero-order valence-corrected chi connectivity index (χ0v) is 12.9. The van der Waals surface area contributed by atoms with Crippen molar-refractivity contribution in [2.24, 2.45) is 5.92 Å². The predicted molar refractivity (Wildman–Crippen MR) is 80.0 cm³/mol. The Kier molecular flexibility index (Phi) is 5.25. The second kappa shape index (κ2) is 6.94. The van der Waals surface area contributed by atoms with Gasteiger partial charge in [-0.2, -0.15) is 0 Å². The minimum atomic E-state index is 0.141. The van der Waals surface area contributed by atoms with Gasteiger partial charge in [0, 0.05) is 24.0 Å². The Labute approximate surface area is 123 Å². The monoisotopic (exact) mass is 325 g/mol. The summed E-state index contributed by atoms with van der Waals surface area (Å²) < 4.78 is 5.11. The normalized spacial score (nSPS) is 19.3. The number of methoxy groups -OCH3 is 1. The first kappa shape index (κ1) is 14.4. The quantitative estimate of drug-likeness (QED) is 0.795. The first-order chi connectivity index (χ1) is 9.24. The van der Waals surface area contributed by atoms with Crippen LogP contribution in [0.15, 0.2) is 24.3 Å². The lowest BCUT2D eigenvalue weighted by Crippen LogP contribution is -2.40. The lowest BCUT2D eigenvalue weighted by Gasteiger charge is -2.32. The fourth-order valence-electron chi connectivity index (χ4n) is 2.56. The van der Waals surface area contributed by atoms with E-state index >= 15 is 0 Å². The first-order valence-electron chi connectivity index (χ1n) is 6.74. The molecule has 0 aromatic heterocycles. The molecule has 1 unspecified atom stereocenters. The van der Waals surface area contributed by atoms with E-state index < -0.39 is 0 Å². The summed E-state index contributed by atoms with van der Waals surface area (Å²) in [6, 6.07) is 7.37. The van der Waals surface area contributed by atoms with Crippen LogP contribution in [-0.4, -0.2) is 36.3 Å². The van der Waals surface area contributed by atoms with E-state index in [4.69, 9.17) is 4.74 Å². The lowest BCUT2D eigenvalue weighted by molar-refractivity contribution is 0.0672. The van der Waals surface area contributed by atoms with Crippen molar-refractivity contribution >= 4 is 21.8 Å². The highest BCUT2D eigenvalue weighted by molar-refractivity contribution is 9.09. The number of ether oxygens (including phenoxy) is 1. The molecular formula is C15H20BrNO2. The SMILES string of the molecule is COc1ccc(C(=O)N2CCCC(CCBr)C2)cc1. The van der Waals surface area contributed by atoms with Crippen LogP contribution in [0.1, 0.15) is 29.6 Å². The summed E-state index contributed by atoms with van der Waals surface area (Å²) in [6.07, 6.45) is 3.49. The Bertz CT molecular complexity index is 417. The van der Waals surface area contributed by atoms with Crippen LogP contribution in [0.4, 0.5) is 0 Å². The maximum atomic E-state index is 12.4. The lowest BCUT2D eigenvalue weighted by atomic mass is 9.95. The summed E-state index contributed by atoms with van der Waals surface area (Å²) >= 11 is 3.49. The van der Waals surface area contributed by atoms with Crippen molar-refractivity contribution in [3.63, 3.8) is 0 Å². The van der Waals surface area contributed by atoms with Gasteiger partial charge in [0.05, 0.1) is 7.11 Å². The molecule has 0 N–H and O–H groups in total. The number of halogens is 1. The molecule has 0 saturated carbocycles. The molecule has 3 nitrogen and oxygen atoms in total. The van der Waals surface area contributed by atoms with Crippen LogP contribution in [-0.2, 0) is 0 Å². The average molecular weight is 326 g/mol. The number of carbonyl (C=O) groups is 1. The molecule has 0 spiro atoms. The first-order valence-corrected chi connectivity index (χ1v) is 7.86. The summed E-state index contributed by atoms with van der Waals surface area (Å²) in [4.78, 5) is 14.4. The molecule has 1 aliphatic heterocycles. The van der Waals surface area contributed by atoms with Gasteiger partial charge in [-0.1, -0.05) is 15.9 Å². The highest BCUT2D eigenvalue weighted by Gasteiger charge is 2.23. The van der Waals surface area contributed by atoms with Gasteiger partial charge in [-0.05, 0) is 49.4 Å². The Hall–Kier alpha value is -1.03. The Morgan fingerprint density at radius 3 is 2.79 bits per heavy atom. The third-order valence-electron chi connectivity index (χ3n) is 3.66. The molecular weight excluding hydrogens is 306 g/mol. The number of likely N-dealkylation sites (tertiary alicyclic amines) is 1. The highest BCUT2D eigenvalue weighted by Crippen LogP contribution is 2.22. The summed E-state index contributed by atoms with van der Waals surface area (Å²) in [5.41, 5.74) is 0.750. The molecule has 1 aromatic carbocycles. The van der Waals surface area contributed by atoms with E-state index in [1.54, 1.807) is 7.11 Å². The van der Waals surface area contributed by atoms with Crippen molar-refractivity contribution in [2.45, 2.75) is 19.3 Å². The fraction of sp³-hybridized carbons (Fsp3) is 0.533. The van der Waals surface area contributed by atoms with Gasteiger partial charge in [0.25, 0.3) is 5.91 Å². The molecule has 1 atom stereocenters. The van der Waals surface area contributed by atoms with Crippen molar-refractivity contribution in [1.82, 2.24) is 4.90 Å². The molecule has 1 heterocycles. The summed E-state index contributed by atoms with van der Waals surface area (Å²) in [7, 11) is 1.63. The van der Waals surface area contributed by atoms with E-state index in [1.165, 1.54) is 6.42 Å². The maximum absolute atomic E-state index is 12.4. The van der Waals surface area contributed by atoms with Crippen LogP contribution >= 0.6 is 15.9 Å². The number of rotatable bonds is 4. The van der Waals surface area contributed by atoms with Crippen molar-refractivity contribution < 1.29 is 9.53 Å². The van der Waals surface area contributed by atoms with Crippen LogP contribution in [0.5, 0.6) is 5.75 Å². The zero-order chi connectivity index (χ0) is 13.7. The predicted octanol–water partition coefficient (Wildman–Crippen LogP) is 3.33. The van der Waals surface area contributed by atoms with E-state index in [9.17, 15) is 4.79 Å². The summed E-state index contributed by atoms with van der Waals surface area (Å²) in [5, 5.41) is 1.02. The van der Waals surface area contributed by atoms with Crippen LogP contribution < -0.4 is 4.74 Å². The Morgan fingerprint density at radius 2 is 2.16 bits per heavy atom. The smallest absolute Gasteiger partial charge is 0.253 e. The van der Waals surface area contributed by atoms with Gasteiger partial charge in [-0.3, -0.25) is 4.79 Å². The second-order valence-corrected chi connectivity index (χ2v) is 5.76. The van der Waals surface area contributed by atoms with Crippen LogP contribution in [0.3, 0.4) is 0 Å².